The van der Waals surface area contributed by atoms with Crippen molar-refractivity contribution in [3.05, 3.63) is 35.9 Å². The van der Waals surface area contributed by atoms with Crippen LogP contribution in [0.5, 0.6) is 0 Å². The summed E-state index contributed by atoms with van der Waals surface area (Å²) in [7, 11) is 1.63. The molecule has 0 bridgehead atoms. The van der Waals surface area contributed by atoms with Crippen LogP contribution in [0.4, 0.5) is 0 Å². The minimum atomic E-state index is -0.800. The van der Waals surface area contributed by atoms with E-state index >= 15 is 0 Å². The first-order chi connectivity index (χ1) is 11.4. The van der Waals surface area contributed by atoms with Gasteiger partial charge in [0.2, 0.25) is 11.8 Å². The molecule has 1 atom stereocenters. The minimum Gasteiger partial charge on any atom is -0.481 e. The lowest BCUT2D eigenvalue weighted by Crippen LogP contribution is -2.46. The fraction of sp³-hybridized carbons (Fsp3) is 0.500. The number of nitrogens with zero attached hydrogens (tertiary/aromatic N) is 2. The lowest BCUT2D eigenvalue weighted by atomic mass is 9.97. The molecule has 6 heteroatoms. The normalized spacial score (nSPS) is 16.5. The fourth-order valence-electron chi connectivity index (χ4n) is 2.97. The highest BCUT2D eigenvalue weighted by Gasteiger charge is 2.28. The summed E-state index contributed by atoms with van der Waals surface area (Å²) in [6.07, 6.45) is 0.943. The number of amides is 2. The average Bonchev–Trinajstić information content (AvgIpc) is 2.61. The van der Waals surface area contributed by atoms with Gasteiger partial charge in [0.05, 0.1) is 18.4 Å². The van der Waals surface area contributed by atoms with E-state index in [0.29, 0.717) is 25.9 Å². The van der Waals surface area contributed by atoms with Crippen molar-refractivity contribution in [2.45, 2.75) is 25.7 Å². The van der Waals surface area contributed by atoms with E-state index < -0.39 is 5.97 Å². The van der Waals surface area contributed by atoms with E-state index in [9.17, 15) is 14.4 Å². The Hall–Kier alpha value is -2.37. The van der Waals surface area contributed by atoms with E-state index in [1.165, 1.54) is 4.90 Å². The van der Waals surface area contributed by atoms with Gasteiger partial charge >= 0.3 is 5.97 Å². The van der Waals surface area contributed by atoms with E-state index in [4.69, 9.17) is 5.11 Å². The molecular weight excluding hydrogens is 308 g/mol. The number of carboxylic acid groups (broad SMARTS) is 1. The number of piperidine rings is 1. The molecule has 1 saturated heterocycles. The van der Waals surface area contributed by atoms with Gasteiger partial charge in [0.25, 0.3) is 0 Å². The van der Waals surface area contributed by atoms with Crippen molar-refractivity contribution >= 4 is 17.8 Å². The van der Waals surface area contributed by atoms with Crippen LogP contribution in [0.25, 0.3) is 0 Å². The van der Waals surface area contributed by atoms with Crippen molar-refractivity contribution in [2.75, 3.05) is 26.7 Å². The molecule has 1 aromatic rings. The summed E-state index contributed by atoms with van der Waals surface area (Å²) in [5, 5.41) is 8.99. The number of carboxylic acids is 1. The summed E-state index contributed by atoms with van der Waals surface area (Å²) in [5.41, 5.74) is 0.920. The smallest absolute Gasteiger partial charge is 0.306 e. The third-order valence-corrected chi connectivity index (χ3v) is 4.62. The summed E-state index contributed by atoms with van der Waals surface area (Å²) in [4.78, 5) is 38.9. The van der Waals surface area contributed by atoms with Gasteiger partial charge in [-0.25, -0.2) is 0 Å². The van der Waals surface area contributed by atoms with E-state index in [1.807, 2.05) is 37.3 Å². The van der Waals surface area contributed by atoms with Gasteiger partial charge in [-0.3, -0.25) is 14.4 Å². The molecule has 0 saturated carbocycles. The first-order valence-electron chi connectivity index (χ1n) is 8.20. The van der Waals surface area contributed by atoms with Gasteiger partial charge in [-0.15, -0.1) is 0 Å². The zero-order valence-electron chi connectivity index (χ0n) is 14.1. The monoisotopic (exact) mass is 332 g/mol. The maximum absolute atomic E-state index is 12.5. The Labute approximate surface area is 142 Å². The number of rotatable bonds is 5. The van der Waals surface area contributed by atoms with Crippen LogP contribution in [0.15, 0.2) is 30.3 Å². The Kier molecular flexibility index (Phi) is 5.95. The molecule has 1 unspecified atom stereocenters. The Morgan fingerprint density at radius 2 is 1.79 bits per heavy atom. The second-order valence-electron chi connectivity index (χ2n) is 6.32. The van der Waals surface area contributed by atoms with Crippen molar-refractivity contribution < 1.29 is 19.5 Å². The fourth-order valence-corrected chi connectivity index (χ4v) is 2.97. The van der Waals surface area contributed by atoms with Gasteiger partial charge in [-0.05, 0) is 25.3 Å². The molecule has 24 heavy (non-hydrogen) atoms. The Morgan fingerprint density at radius 1 is 1.21 bits per heavy atom. The molecule has 0 aromatic heterocycles. The molecule has 0 spiro atoms. The maximum atomic E-state index is 12.5. The standard InChI is InChI=1S/C18H24N2O4/c1-13(14-6-4-3-5-7-14)17(22)19(2)12-16(21)20-10-8-15(9-11-20)18(23)24/h3-7,13,15H,8-12H2,1-2H3,(H,23,24). The van der Waals surface area contributed by atoms with E-state index in [-0.39, 0.29) is 30.2 Å². The summed E-state index contributed by atoms with van der Waals surface area (Å²) >= 11 is 0. The number of hydrogen-bond acceptors (Lipinski definition) is 3. The lowest BCUT2D eigenvalue weighted by molar-refractivity contribution is -0.146. The lowest BCUT2D eigenvalue weighted by Gasteiger charge is -2.32. The van der Waals surface area contributed by atoms with E-state index in [2.05, 4.69) is 0 Å². The molecule has 2 rings (SSSR count). The molecule has 0 radical (unpaired) electrons. The van der Waals surface area contributed by atoms with Crippen molar-refractivity contribution in [1.82, 2.24) is 9.80 Å². The van der Waals surface area contributed by atoms with Crippen LogP contribution in [0.3, 0.4) is 0 Å². The van der Waals surface area contributed by atoms with Gasteiger partial charge in [0.15, 0.2) is 0 Å². The zero-order valence-corrected chi connectivity index (χ0v) is 14.1. The largest absolute Gasteiger partial charge is 0.481 e. The van der Waals surface area contributed by atoms with Crippen LogP contribution >= 0.6 is 0 Å². The molecule has 0 aliphatic carbocycles. The number of likely N-dealkylation sites (N-methyl/N-ethyl adjacent to an activating group) is 1. The predicted molar refractivity (Wildman–Crippen MR) is 89.4 cm³/mol. The molecule has 1 N–H and O–H groups in total. The van der Waals surface area contributed by atoms with Crippen molar-refractivity contribution in [1.29, 1.82) is 0 Å². The molecule has 1 fully saturated rings. The minimum absolute atomic E-state index is 0.0216. The van der Waals surface area contributed by atoms with Gasteiger partial charge in [0.1, 0.15) is 0 Å². The van der Waals surface area contributed by atoms with Crippen molar-refractivity contribution in [3.8, 4) is 0 Å². The van der Waals surface area contributed by atoms with Gasteiger partial charge in [0, 0.05) is 20.1 Å². The van der Waals surface area contributed by atoms with E-state index in [1.54, 1.807) is 11.9 Å². The molecule has 2 amide bonds. The molecule has 1 aliphatic rings. The highest BCUT2D eigenvalue weighted by Crippen LogP contribution is 2.19. The number of aliphatic carboxylic acids is 1. The maximum Gasteiger partial charge on any atom is 0.306 e. The van der Waals surface area contributed by atoms with Crippen LogP contribution in [0, 0.1) is 5.92 Å². The first kappa shape index (κ1) is 18.0. The SMILES string of the molecule is CC(C(=O)N(C)CC(=O)N1CCC(C(=O)O)CC1)c1ccccc1. The Morgan fingerprint density at radius 3 is 2.33 bits per heavy atom. The summed E-state index contributed by atoms with van der Waals surface area (Å²) in [5.74, 6) is -1.70. The zero-order chi connectivity index (χ0) is 17.7. The predicted octanol–water partition coefficient (Wildman–Crippen LogP) is 1.57. The highest BCUT2D eigenvalue weighted by atomic mass is 16.4. The number of benzene rings is 1. The molecular formula is C18H24N2O4. The van der Waals surface area contributed by atoms with Crippen LogP contribution in [-0.4, -0.2) is 59.4 Å². The number of carbonyl (C=O) groups is 3. The molecule has 130 valence electrons. The number of carbonyl (C=O) groups excluding carboxylic acids is 2. The molecule has 6 nitrogen and oxygen atoms in total. The van der Waals surface area contributed by atoms with Crippen molar-refractivity contribution in [2.24, 2.45) is 5.92 Å². The molecule has 1 aliphatic heterocycles. The van der Waals surface area contributed by atoms with Crippen molar-refractivity contribution in [3.63, 3.8) is 0 Å². The summed E-state index contributed by atoms with van der Waals surface area (Å²) in [6.45, 7) is 2.73. The first-order valence-corrected chi connectivity index (χ1v) is 8.20. The van der Waals surface area contributed by atoms with Crippen LogP contribution < -0.4 is 0 Å². The Bertz CT molecular complexity index is 594. The Balaban J connectivity index is 1.87. The average molecular weight is 332 g/mol. The van der Waals surface area contributed by atoms with Gasteiger partial charge < -0.3 is 14.9 Å². The highest BCUT2D eigenvalue weighted by molar-refractivity contribution is 5.88. The molecule has 1 heterocycles. The topological polar surface area (TPSA) is 77.9 Å². The quantitative estimate of drug-likeness (QED) is 0.888. The summed E-state index contributed by atoms with van der Waals surface area (Å²) < 4.78 is 0. The van der Waals surface area contributed by atoms with Gasteiger partial charge in [-0.1, -0.05) is 30.3 Å². The third kappa shape index (κ3) is 4.34. The van der Waals surface area contributed by atoms with Gasteiger partial charge in [-0.2, -0.15) is 0 Å². The second-order valence-corrected chi connectivity index (χ2v) is 6.32. The third-order valence-electron chi connectivity index (χ3n) is 4.62. The number of likely N-dealkylation sites (tertiary alicyclic amines) is 1. The van der Waals surface area contributed by atoms with Crippen LogP contribution in [0.2, 0.25) is 0 Å². The molecule has 1 aromatic carbocycles. The van der Waals surface area contributed by atoms with E-state index in [0.717, 1.165) is 5.56 Å². The summed E-state index contributed by atoms with van der Waals surface area (Å²) in [6, 6.07) is 9.46. The number of hydrogen-bond donors (Lipinski definition) is 1. The van der Waals surface area contributed by atoms with Crippen LogP contribution in [0.1, 0.15) is 31.2 Å². The second kappa shape index (κ2) is 7.95. The van der Waals surface area contributed by atoms with Crippen LogP contribution in [-0.2, 0) is 14.4 Å².